The number of hydrogen-bond acceptors (Lipinski definition) is 3. The van der Waals surface area contributed by atoms with Crippen LogP contribution in [0.2, 0.25) is 5.02 Å². The van der Waals surface area contributed by atoms with E-state index in [1.807, 2.05) is 6.07 Å². The lowest BCUT2D eigenvalue weighted by molar-refractivity contribution is 0.0697. The molecule has 2 heterocycles. The first-order valence-corrected chi connectivity index (χ1v) is 7.97. The highest BCUT2D eigenvalue weighted by Crippen LogP contribution is 2.33. The van der Waals surface area contributed by atoms with Gasteiger partial charge in [0.25, 0.3) is 0 Å². The predicted molar refractivity (Wildman–Crippen MR) is 84.4 cm³/mol. The van der Waals surface area contributed by atoms with Gasteiger partial charge in [-0.05, 0) is 44.5 Å². The Hall–Kier alpha value is -1.26. The number of fused-ring (bicyclic) bond motifs is 1. The molecule has 1 aromatic carbocycles. The molecule has 0 aromatic heterocycles. The van der Waals surface area contributed by atoms with Gasteiger partial charge >= 0.3 is 5.97 Å². The number of rotatable bonds is 2. The number of carboxylic acid groups (broad SMARTS) is 1. The SMILES string of the molecule is CC1CN2CCCCC2CN1c1ccc(C(=O)O)cc1Cl. The molecule has 1 N–H and O–H groups in total. The molecule has 0 bridgehead atoms. The van der Waals surface area contributed by atoms with Crippen molar-refractivity contribution in [1.82, 2.24) is 4.90 Å². The molecule has 1 aromatic rings. The average molecular weight is 309 g/mol. The molecule has 2 atom stereocenters. The Morgan fingerprint density at radius 3 is 2.86 bits per heavy atom. The van der Waals surface area contributed by atoms with Crippen LogP contribution in [0.25, 0.3) is 0 Å². The first-order chi connectivity index (χ1) is 10.1. The largest absolute Gasteiger partial charge is 0.478 e. The summed E-state index contributed by atoms with van der Waals surface area (Å²) in [5.74, 6) is -0.936. The summed E-state index contributed by atoms with van der Waals surface area (Å²) < 4.78 is 0. The number of benzene rings is 1. The van der Waals surface area contributed by atoms with Gasteiger partial charge in [0.15, 0.2) is 0 Å². The minimum Gasteiger partial charge on any atom is -0.478 e. The van der Waals surface area contributed by atoms with Crippen LogP contribution < -0.4 is 4.90 Å². The lowest BCUT2D eigenvalue weighted by atomic mass is 9.96. The number of hydrogen-bond donors (Lipinski definition) is 1. The molecule has 5 heteroatoms. The highest BCUT2D eigenvalue weighted by atomic mass is 35.5. The molecule has 0 radical (unpaired) electrons. The highest BCUT2D eigenvalue weighted by Gasteiger charge is 2.33. The van der Waals surface area contributed by atoms with Gasteiger partial charge < -0.3 is 10.0 Å². The number of halogens is 1. The van der Waals surface area contributed by atoms with Gasteiger partial charge in [-0.2, -0.15) is 0 Å². The van der Waals surface area contributed by atoms with Crippen LogP contribution in [-0.4, -0.2) is 47.7 Å². The molecule has 0 saturated carbocycles. The van der Waals surface area contributed by atoms with Gasteiger partial charge in [-0.1, -0.05) is 18.0 Å². The molecule has 0 aliphatic carbocycles. The van der Waals surface area contributed by atoms with Crippen molar-refractivity contribution in [2.45, 2.75) is 38.3 Å². The summed E-state index contributed by atoms with van der Waals surface area (Å²) in [6.07, 6.45) is 3.85. The third kappa shape index (κ3) is 2.87. The topological polar surface area (TPSA) is 43.8 Å². The third-order valence-corrected chi connectivity index (χ3v) is 4.99. The van der Waals surface area contributed by atoms with E-state index in [1.165, 1.54) is 25.8 Å². The summed E-state index contributed by atoms with van der Waals surface area (Å²) in [4.78, 5) is 15.9. The molecule has 4 nitrogen and oxygen atoms in total. The Bertz CT molecular complexity index is 549. The van der Waals surface area contributed by atoms with Crippen molar-refractivity contribution in [2.24, 2.45) is 0 Å². The van der Waals surface area contributed by atoms with Crippen molar-refractivity contribution in [1.29, 1.82) is 0 Å². The number of anilines is 1. The molecule has 21 heavy (non-hydrogen) atoms. The predicted octanol–water partition coefficient (Wildman–Crippen LogP) is 3.10. The summed E-state index contributed by atoms with van der Waals surface area (Å²) >= 11 is 6.33. The summed E-state index contributed by atoms with van der Waals surface area (Å²) in [6.45, 7) is 5.45. The minimum absolute atomic E-state index is 0.243. The van der Waals surface area contributed by atoms with E-state index in [0.29, 0.717) is 17.1 Å². The zero-order valence-corrected chi connectivity index (χ0v) is 13.0. The average Bonchev–Trinajstić information content (AvgIpc) is 2.46. The molecule has 114 valence electrons. The van der Waals surface area contributed by atoms with E-state index in [4.69, 9.17) is 16.7 Å². The second-order valence-electron chi connectivity index (χ2n) is 6.12. The van der Waals surface area contributed by atoms with E-state index in [0.717, 1.165) is 18.8 Å². The molecular weight excluding hydrogens is 288 g/mol. The Morgan fingerprint density at radius 2 is 2.14 bits per heavy atom. The number of carbonyl (C=O) groups is 1. The number of piperazine rings is 1. The summed E-state index contributed by atoms with van der Waals surface area (Å²) in [5, 5.41) is 9.57. The standard InChI is InChI=1S/C16H21ClN2O2/c1-11-9-18-7-3-2-4-13(18)10-19(11)15-6-5-12(16(20)21)8-14(15)17/h5-6,8,11,13H,2-4,7,9-10H2,1H3,(H,20,21). The van der Waals surface area contributed by atoms with E-state index in [9.17, 15) is 4.79 Å². The van der Waals surface area contributed by atoms with Crippen molar-refractivity contribution < 1.29 is 9.90 Å². The molecule has 2 fully saturated rings. The molecule has 2 aliphatic rings. The lowest BCUT2D eigenvalue weighted by Gasteiger charge is -2.48. The Labute approximate surface area is 130 Å². The summed E-state index contributed by atoms with van der Waals surface area (Å²) in [6, 6.07) is 6.04. The van der Waals surface area contributed by atoms with Gasteiger partial charge in [0.2, 0.25) is 0 Å². The molecule has 0 amide bonds. The second-order valence-corrected chi connectivity index (χ2v) is 6.52. The Kier molecular flexibility index (Phi) is 4.09. The van der Waals surface area contributed by atoms with Gasteiger partial charge in [-0.25, -0.2) is 4.79 Å². The molecule has 0 spiro atoms. The van der Waals surface area contributed by atoms with Crippen molar-refractivity contribution in [3.8, 4) is 0 Å². The van der Waals surface area contributed by atoms with Crippen molar-refractivity contribution >= 4 is 23.3 Å². The molecular formula is C16H21ClN2O2. The van der Waals surface area contributed by atoms with Crippen molar-refractivity contribution in [3.63, 3.8) is 0 Å². The molecule has 3 rings (SSSR count). The number of carboxylic acids is 1. The maximum atomic E-state index is 11.0. The quantitative estimate of drug-likeness (QED) is 0.912. The van der Waals surface area contributed by atoms with Crippen LogP contribution >= 0.6 is 11.6 Å². The van der Waals surface area contributed by atoms with Crippen LogP contribution in [0, 0.1) is 0 Å². The van der Waals surface area contributed by atoms with Crippen molar-refractivity contribution in [3.05, 3.63) is 28.8 Å². The van der Waals surface area contributed by atoms with E-state index >= 15 is 0 Å². The van der Waals surface area contributed by atoms with Crippen LogP contribution in [0.3, 0.4) is 0 Å². The van der Waals surface area contributed by atoms with Crippen LogP contribution in [0.5, 0.6) is 0 Å². The fraction of sp³-hybridized carbons (Fsp3) is 0.562. The number of aromatic carboxylic acids is 1. The highest BCUT2D eigenvalue weighted by molar-refractivity contribution is 6.33. The normalized spacial score (nSPS) is 26.5. The first-order valence-electron chi connectivity index (χ1n) is 7.60. The van der Waals surface area contributed by atoms with Gasteiger partial charge in [0.1, 0.15) is 0 Å². The van der Waals surface area contributed by atoms with Crippen LogP contribution in [0.1, 0.15) is 36.5 Å². The van der Waals surface area contributed by atoms with Crippen LogP contribution in [0.4, 0.5) is 5.69 Å². The van der Waals surface area contributed by atoms with Crippen LogP contribution in [-0.2, 0) is 0 Å². The van der Waals surface area contributed by atoms with Gasteiger partial charge in [-0.3, -0.25) is 4.90 Å². The van der Waals surface area contributed by atoms with Gasteiger partial charge in [-0.15, -0.1) is 0 Å². The number of nitrogens with zero attached hydrogens (tertiary/aromatic N) is 2. The second kappa shape index (κ2) is 5.85. The maximum absolute atomic E-state index is 11.0. The summed E-state index contributed by atoms with van der Waals surface area (Å²) in [7, 11) is 0. The van der Waals surface area contributed by atoms with E-state index in [-0.39, 0.29) is 5.56 Å². The molecule has 2 aliphatic heterocycles. The fourth-order valence-electron chi connectivity index (χ4n) is 3.56. The number of piperidine rings is 1. The van der Waals surface area contributed by atoms with Crippen molar-refractivity contribution in [2.75, 3.05) is 24.5 Å². The first kappa shape index (κ1) is 14.7. The fourth-order valence-corrected chi connectivity index (χ4v) is 3.85. The third-order valence-electron chi connectivity index (χ3n) is 4.69. The maximum Gasteiger partial charge on any atom is 0.335 e. The van der Waals surface area contributed by atoms with E-state index in [1.54, 1.807) is 12.1 Å². The zero-order valence-electron chi connectivity index (χ0n) is 12.3. The van der Waals surface area contributed by atoms with E-state index < -0.39 is 5.97 Å². The molecule has 2 unspecified atom stereocenters. The van der Waals surface area contributed by atoms with Gasteiger partial charge in [0.05, 0.1) is 16.3 Å². The zero-order chi connectivity index (χ0) is 15.0. The Balaban J connectivity index is 1.84. The van der Waals surface area contributed by atoms with E-state index in [2.05, 4.69) is 16.7 Å². The Morgan fingerprint density at radius 1 is 1.33 bits per heavy atom. The molecule has 2 saturated heterocycles. The lowest BCUT2D eigenvalue weighted by Crippen LogP contribution is -2.58. The minimum atomic E-state index is -0.936. The summed E-state index contributed by atoms with van der Waals surface area (Å²) in [5.41, 5.74) is 1.20. The smallest absolute Gasteiger partial charge is 0.335 e. The van der Waals surface area contributed by atoms with Crippen LogP contribution in [0.15, 0.2) is 18.2 Å². The van der Waals surface area contributed by atoms with Gasteiger partial charge in [0, 0.05) is 25.2 Å². The monoisotopic (exact) mass is 308 g/mol.